The summed E-state index contributed by atoms with van der Waals surface area (Å²) < 4.78 is 0. The Hall–Kier alpha value is -2.62. The topological polar surface area (TPSA) is 63.4 Å². The molecule has 0 fully saturated rings. The van der Waals surface area contributed by atoms with Crippen LogP contribution in [0.4, 0.5) is 11.4 Å². The first-order valence-electron chi connectivity index (χ1n) is 9.34. The zero-order valence-electron chi connectivity index (χ0n) is 15.7. The number of rotatable bonds is 9. The number of nitrogens with two attached hydrogens (primary N) is 1. The summed E-state index contributed by atoms with van der Waals surface area (Å²) in [4.78, 5) is 25.5. The molecule has 0 aromatic heterocycles. The number of unbranched alkanes of at least 4 members (excludes halogenated alkanes) is 1. The van der Waals surface area contributed by atoms with E-state index in [-0.39, 0.29) is 11.8 Å². The SMILES string of the molecule is CCc1ccc(N(C(=O)CCCCC(N)=O)c2ccc(CC)cc2)cc1. The molecule has 26 heavy (non-hydrogen) atoms. The van der Waals surface area contributed by atoms with Gasteiger partial charge in [0, 0.05) is 24.2 Å². The van der Waals surface area contributed by atoms with Crippen molar-refractivity contribution in [3.05, 3.63) is 59.7 Å². The van der Waals surface area contributed by atoms with Crippen molar-refractivity contribution >= 4 is 23.2 Å². The maximum atomic E-state index is 12.9. The van der Waals surface area contributed by atoms with Crippen LogP contribution in [-0.2, 0) is 22.4 Å². The average Bonchev–Trinajstić information content (AvgIpc) is 2.66. The summed E-state index contributed by atoms with van der Waals surface area (Å²) in [5.74, 6) is -0.289. The van der Waals surface area contributed by atoms with Gasteiger partial charge in [0.25, 0.3) is 0 Å². The molecule has 2 N–H and O–H groups in total. The van der Waals surface area contributed by atoms with Crippen LogP contribution >= 0.6 is 0 Å². The molecular formula is C22H28N2O2. The van der Waals surface area contributed by atoms with E-state index in [4.69, 9.17) is 5.73 Å². The number of hydrogen-bond acceptors (Lipinski definition) is 2. The minimum Gasteiger partial charge on any atom is -0.370 e. The number of carbonyl (C=O) groups excluding carboxylic acids is 2. The average molecular weight is 352 g/mol. The fourth-order valence-electron chi connectivity index (χ4n) is 2.89. The summed E-state index contributed by atoms with van der Waals surface area (Å²) in [7, 11) is 0. The summed E-state index contributed by atoms with van der Waals surface area (Å²) in [5, 5.41) is 0. The quantitative estimate of drug-likeness (QED) is 0.674. The van der Waals surface area contributed by atoms with Crippen LogP contribution in [0.5, 0.6) is 0 Å². The van der Waals surface area contributed by atoms with Crippen LogP contribution in [0.2, 0.25) is 0 Å². The molecule has 0 aliphatic carbocycles. The summed E-state index contributed by atoms with van der Waals surface area (Å²) in [6.45, 7) is 4.22. The lowest BCUT2D eigenvalue weighted by atomic mass is 10.1. The van der Waals surface area contributed by atoms with Gasteiger partial charge in [0.1, 0.15) is 0 Å². The first-order chi connectivity index (χ1) is 12.5. The molecule has 0 unspecified atom stereocenters. The van der Waals surface area contributed by atoms with Gasteiger partial charge in [-0.3, -0.25) is 14.5 Å². The van der Waals surface area contributed by atoms with Gasteiger partial charge in [-0.25, -0.2) is 0 Å². The van der Waals surface area contributed by atoms with Crippen molar-refractivity contribution in [3.63, 3.8) is 0 Å². The highest BCUT2D eigenvalue weighted by molar-refractivity contribution is 6.00. The molecule has 0 heterocycles. The number of hydrogen-bond donors (Lipinski definition) is 1. The third kappa shape index (κ3) is 5.45. The van der Waals surface area contributed by atoms with E-state index in [1.165, 1.54) is 11.1 Å². The Balaban J connectivity index is 2.21. The Morgan fingerprint density at radius 2 is 1.19 bits per heavy atom. The lowest BCUT2D eigenvalue weighted by Crippen LogP contribution is -2.25. The van der Waals surface area contributed by atoms with Crippen LogP contribution in [0.1, 0.15) is 50.7 Å². The minimum absolute atomic E-state index is 0.0305. The zero-order valence-corrected chi connectivity index (χ0v) is 15.7. The molecule has 0 atom stereocenters. The van der Waals surface area contributed by atoms with E-state index in [1.54, 1.807) is 4.90 Å². The minimum atomic E-state index is -0.320. The highest BCUT2D eigenvalue weighted by atomic mass is 16.2. The maximum absolute atomic E-state index is 12.9. The molecule has 4 heteroatoms. The molecule has 0 saturated carbocycles. The third-order valence-electron chi connectivity index (χ3n) is 4.52. The van der Waals surface area contributed by atoms with E-state index >= 15 is 0 Å². The van der Waals surface area contributed by atoms with Crippen LogP contribution in [-0.4, -0.2) is 11.8 Å². The van der Waals surface area contributed by atoms with Crippen molar-refractivity contribution in [1.82, 2.24) is 0 Å². The van der Waals surface area contributed by atoms with E-state index < -0.39 is 0 Å². The molecule has 0 aliphatic heterocycles. The van der Waals surface area contributed by atoms with Crippen LogP contribution in [0.25, 0.3) is 0 Å². The second-order valence-corrected chi connectivity index (χ2v) is 6.44. The van der Waals surface area contributed by atoms with Crippen molar-refractivity contribution in [2.45, 2.75) is 52.4 Å². The van der Waals surface area contributed by atoms with E-state index in [0.717, 1.165) is 24.2 Å². The van der Waals surface area contributed by atoms with Gasteiger partial charge in [0.15, 0.2) is 0 Å². The number of carbonyl (C=O) groups is 2. The Labute approximate surface area is 156 Å². The maximum Gasteiger partial charge on any atom is 0.231 e. The van der Waals surface area contributed by atoms with Crippen molar-refractivity contribution in [1.29, 1.82) is 0 Å². The standard InChI is InChI=1S/C22H28N2O2/c1-3-17-9-13-19(14-10-17)24(20-15-11-18(4-2)12-16-20)22(26)8-6-5-7-21(23)25/h9-16H,3-8H2,1-2H3,(H2,23,25). The highest BCUT2D eigenvalue weighted by Gasteiger charge is 2.17. The summed E-state index contributed by atoms with van der Waals surface area (Å²) in [5.41, 5.74) is 9.39. The smallest absolute Gasteiger partial charge is 0.231 e. The second-order valence-electron chi connectivity index (χ2n) is 6.44. The Kier molecular flexibility index (Phi) is 7.39. The molecule has 2 amide bonds. The van der Waals surface area contributed by atoms with Gasteiger partial charge in [-0.15, -0.1) is 0 Å². The molecule has 0 bridgehead atoms. The van der Waals surface area contributed by atoms with Gasteiger partial charge >= 0.3 is 0 Å². The molecule has 0 radical (unpaired) electrons. The normalized spacial score (nSPS) is 10.5. The fraction of sp³-hybridized carbons (Fsp3) is 0.364. The van der Waals surface area contributed by atoms with Crippen molar-refractivity contribution in [3.8, 4) is 0 Å². The first-order valence-corrected chi connectivity index (χ1v) is 9.34. The van der Waals surface area contributed by atoms with E-state index in [0.29, 0.717) is 25.7 Å². The van der Waals surface area contributed by atoms with Gasteiger partial charge in [-0.05, 0) is 61.1 Å². The van der Waals surface area contributed by atoms with Crippen molar-refractivity contribution in [2.24, 2.45) is 5.73 Å². The summed E-state index contributed by atoms with van der Waals surface area (Å²) in [6.07, 6.45) is 3.93. The number of anilines is 2. The molecule has 0 aliphatic rings. The number of benzene rings is 2. The van der Waals surface area contributed by atoms with Crippen LogP contribution < -0.4 is 10.6 Å². The lowest BCUT2D eigenvalue weighted by Gasteiger charge is -2.24. The first kappa shape index (κ1) is 19.7. The lowest BCUT2D eigenvalue weighted by molar-refractivity contribution is -0.119. The molecule has 0 saturated heterocycles. The van der Waals surface area contributed by atoms with E-state index in [2.05, 4.69) is 38.1 Å². The van der Waals surface area contributed by atoms with E-state index in [1.807, 2.05) is 24.3 Å². The molecule has 138 valence electrons. The van der Waals surface area contributed by atoms with Crippen LogP contribution in [0, 0.1) is 0 Å². The predicted octanol–water partition coefficient (Wildman–Crippen LogP) is 4.52. The van der Waals surface area contributed by atoms with Crippen molar-refractivity contribution < 1.29 is 9.59 Å². The molecular weight excluding hydrogens is 324 g/mol. The van der Waals surface area contributed by atoms with Gasteiger partial charge in [0.2, 0.25) is 11.8 Å². The number of primary amides is 1. The molecule has 2 aromatic carbocycles. The molecule has 2 rings (SSSR count). The second kappa shape index (κ2) is 9.76. The Morgan fingerprint density at radius 1 is 0.769 bits per heavy atom. The fourth-order valence-corrected chi connectivity index (χ4v) is 2.89. The van der Waals surface area contributed by atoms with Crippen LogP contribution in [0.3, 0.4) is 0 Å². The van der Waals surface area contributed by atoms with Gasteiger partial charge in [-0.2, -0.15) is 0 Å². The third-order valence-corrected chi connectivity index (χ3v) is 4.52. The highest BCUT2D eigenvalue weighted by Crippen LogP contribution is 2.28. The zero-order chi connectivity index (χ0) is 18.9. The van der Waals surface area contributed by atoms with E-state index in [9.17, 15) is 9.59 Å². The van der Waals surface area contributed by atoms with Gasteiger partial charge in [0.05, 0.1) is 0 Å². The summed E-state index contributed by atoms with van der Waals surface area (Å²) >= 11 is 0. The number of aryl methyl sites for hydroxylation is 2. The monoisotopic (exact) mass is 352 g/mol. The molecule has 2 aromatic rings. The van der Waals surface area contributed by atoms with Gasteiger partial charge < -0.3 is 5.73 Å². The Bertz CT molecular complexity index is 673. The molecule has 0 spiro atoms. The number of nitrogens with zero attached hydrogens (tertiary/aromatic N) is 1. The predicted molar refractivity (Wildman–Crippen MR) is 106 cm³/mol. The molecule has 4 nitrogen and oxygen atoms in total. The van der Waals surface area contributed by atoms with Gasteiger partial charge in [-0.1, -0.05) is 38.1 Å². The number of amides is 2. The largest absolute Gasteiger partial charge is 0.370 e. The van der Waals surface area contributed by atoms with Crippen molar-refractivity contribution in [2.75, 3.05) is 4.90 Å². The van der Waals surface area contributed by atoms with Crippen LogP contribution in [0.15, 0.2) is 48.5 Å². The summed E-state index contributed by atoms with van der Waals surface area (Å²) in [6, 6.07) is 16.2. The Morgan fingerprint density at radius 3 is 1.58 bits per heavy atom.